The Bertz CT molecular complexity index is 675. The summed E-state index contributed by atoms with van der Waals surface area (Å²) >= 11 is 0. The minimum atomic E-state index is 0.00641. The third-order valence-electron chi connectivity index (χ3n) is 4.14. The van der Waals surface area contributed by atoms with Crippen LogP contribution in [0.1, 0.15) is 30.5 Å². The standard InChI is InChI=1S/C19H21NO/c1-13-8-17-6-7-18(11-19(17)9-13)16-5-3-4-15(10-16)12-20-14(2)21/h3-7,10-11,13H,8-9,12H2,1-2H3,(H,20,21). The Hall–Kier alpha value is -2.09. The quantitative estimate of drug-likeness (QED) is 0.911. The van der Waals surface area contributed by atoms with Crippen molar-refractivity contribution in [3.8, 4) is 11.1 Å². The van der Waals surface area contributed by atoms with Gasteiger partial charge in [0.1, 0.15) is 0 Å². The van der Waals surface area contributed by atoms with Crippen LogP contribution in [0.4, 0.5) is 0 Å². The second-order valence-electron chi connectivity index (χ2n) is 6.11. The van der Waals surface area contributed by atoms with Gasteiger partial charge in [0.2, 0.25) is 5.91 Å². The van der Waals surface area contributed by atoms with Gasteiger partial charge in [-0.05, 0) is 52.6 Å². The fraction of sp³-hybridized carbons (Fsp3) is 0.316. The zero-order valence-electron chi connectivity index (χ0n) is 12.6. The van der Waals surface area contributed by atoms with Crippen LogP contribution < -0.4 is 5.32 Å². The normalized spacial score (nSPS) is 16.6. The van der Waals surface area contributed by atoms with Gasteiger partial charge < -0.3 is 5.32 Å². The first-order valence-corrected chi connectivity index (χ1v) is 7.57. The minimum absolute atomic E-state index is 0.00641. The average molecular weight is 279 g/mol. The van der Waals surface area contributed by atoms with E-state index in [2.05, 4.69) is 54.7 Å². The lowest BCUT2D eigenvalue weighted by atomic mass is 9.99. The van der Waals surface area contributed by atoms with Gasteiger partial charge in [-0.15, -0.1) is 0 Å². The van der Waals surface area contributed by atoms with E-state index in [-0.39, 0.29) is 5.91 Å². The van der Waals surface area contributed by atoms with E-state index < -0.39 is 0 Å². The summed E-state index contributed by atoms with van der Waals surface area (Å²) in [5.74, 6) is 0.772. The number of benzene rings is 2. The molecule has 1 amide bonds. The van der Waals surface area contributed by atoms with Gasteiger partial charge in [-0.2, -0.15) is 0 Å². The highest BCUT2D eigenvalue weighted by molar-refractivity contribution is 5.73. The molecular formula is C19H21NO. The molecule has 2 nitrogen and oxygen atoms in total. The Labute approximate surface area is 126 Å². The number of rotatable bonds is 3. The summed E-state index contributed by atoms with van der Waals surface area (Å²) in [4.78, 5) is 11.0. The molecule has 0 heterocycles. The van der Waals surface area contributed by atoms with Gasteiger partial charge in [-0.3, -0.25) is 4.79 Å². The summed E-state index contributed by atoms with van der Waals surface area (Å²) in [6.07, 6.45) is 2.40. The Balaban J connectivity index is 1.85. The van der Waals surface area contributed by atoms with Crippen LogP contribution in [-0.2, 0) is 24.2 Å². The van der Waals surface area contributed by atoms with Crippen molar-refractivity contribution < 1.29 is 4.79 Å². The van der Waals surface area contributed by atoms with Gasteiger partial charge in [0, 0.05) is 13.5 Å². The number of amides is 1. The van der Waals surface area contributed by atoms with E-state index in [1.54, 1.807) is 6.92 Å². The van der Waals surface area contributed by atoms with Gasteiger partial charge in [0.15, 0.2) is 0 Å². The molecule has 1 aliphatic carbocycles. The van der Waals surface area contributed by atoms with Gasteiger partial charge in [-0.1, -0.05) is 43.3 Å². The predicted octanol–water partition coefficient (Wildman–Crippen LogP) is 3.72. The average Bonchev–Trinajstić information content (AvgIpc) is 2.84. The number of fused-ring (bicyclic) bond motifs is 1. The first kappa shape index (κ1) is 13.9. The van der Waals surface area contributed by atoms with Crippen LogP contribution in [0.25, 0.3) is 11.1 Å². The lowest BCUT2D eigenvalue weighted by Gasteiger charge is -2.08. The number of carbonyl (C=O) groups excluding carboxylic acids is 1. The molecule has 3 rings (SSSR count). The van der Waals surface area contributed by atoms with E-state index in [0.29, 0.717) is 6.54 Å². The Morgan fingerprint density at radius 2 is 1.86 bits per heavy atom. The molecule has 0 saturated carbocycles. The summed E-state index contributed by atoms with van der Waals surface area (Å²) in [5.41, 5.74) is 6.62. The van der Waals surface area contributed by atoms with E-state index in [1.165, 1.54) is 35.1 Å². The highest BCUT2D eigenvalue weighted by Crippen LogP contribution is 2.31. The van der Waals surface area contributed by atoms with Crippen molar-refractivity contribution in [1.82, 2.24) is 5.32 Å². The number of hydrogen-bond acceptors (Lipinski definition) is 1. The van der Waals surface area contributed by atoms with Crippen molar-refractivity contribution in [2.24, 2.45) is 5.92 Å². The first-order valence-electron chi connectivity index (χ1n) is 7.57. The highest BCUT2D eigenvalue weighted by atomic mass is 16.1. The van der Waals surface area contributed by atoms with Gasteiger partial charge in [-0.25, -0.2) is 0 Å². The van der Waals surface area contributed by atoms with E-state index in [9.17, 15) is 4.79 Å². The monoisotopic (exact) mass is 279 g/mol. The molecule has 108 valence electrons. The molecular weight excluding hydrogens is 258 g/mol. The lowest BCUT2D eigenvalue weighted by Crippen LogP contribution is -2.18. The molecule has 0 radical (unpaired) electrons. The zero-order valence-corrected chi connectivity index (χ0v) is 12.6. The zero-order chi connectivity index (χ0) is 14.8. The third kappa shape index (κ3) is 3.15. The highest BCUT2D eigenvalue weighted by Gasteiger charge is 2.17. The fourth-order valence-corrected chi connectivity index (χ4v) is 3.11. The van der Waals surface area contributed by atoms with Crippen molar-refractivity contribution in [2.75, 3.05) is 0 Å². The molecule has 0 fully saturated rings. The maximum absolute atomic E-state index is 11.0. The molecule has 1 N–H and O–H groups in total. The topological polar surface area (TPSA) is 29.1 Å². The second-order valence-corrected chi connectivity index (χ2v) is 6.11. The molecule has 1 atom stereocenters. The van der Waals surface area contributed by atoms with Crippen LogP contribution in [0.5, 0.6) is 0 Å². The summed E-state index contributed by atoms with van der Waals surface area (Å²) in [6, 6.07) is 15.2. The molecule has 1 aliphatic rings. The maximum atomic E-state index is 11.0. The summed E-state index contributed by atoms with van der Waals surface area (Å²) in [5, 5.41) is 2.85. The fourth-order valence-electron chi connectivity index (χ4n) is 3.11. The number of hydrogen-bond donors (Lipinski definition) is 1. The Kier molecular flexibility index (Phi) is 3.78. The van der Waals surface area contributed by atoms with Crippen LogP contribution in [0, 0.1) is 5.92 Å². The van der Waals surface area contributed by atoms with E-state index in [4.69, 9.17) is 0 Å². The molecule has 2 heteroatoms. The van der Waals surface area contributed by atoms with Crippen LogP contribution in [0.15, 0.2) is 42.5 Å². The smallest absolute Gasteiger partial charge is 0.217 e. The van der Waals surface area contributed by atoms with Gasteiger partial charge in [0.05, 0.1) is 0 Å². The molecule has 2 aromatic rings. The molecule has 1 unspecified atom stereocenters. The van der Waals surface area contributed by atoms with Crippen molar-refractivity contribution in [3.05, 3.63) is 59.2 Å². The van der Waals surface area contributed by atoms with E-state index >= 15 is 0 Å². The lowest BCUT2D eigenvalue weighted by molar-refractivity contribution is -0.119. The van der Waals surface area contributed by atoms with E-state index in [0.717, 1.165) is 11.5 Å². The summed E-state index contributed by atoms with van der Waals surface area (Å²) in [6.45, 7) is 4.45. The molecule has 0 bridgehead atoms. The largest absolute Gasteiger partial charge is 0.352 e. The van der Waals surface area contributed by atoms with Gasteiger partial charge >= 0.3 is 0 Å². The molecule has 0 aromatic heterocycles. The van der Waals surface area contributed by atoms with Crippen LogP contribution in [0.2, 0.25) is 0 Å². The maximum Gasteiger partial charge on any atom is 0.217 e. The Morgan fingerprint density at radius 1 is 1.10 bits per heavy atom. The molecule has 2 aromatic carbocycles. The predicted molar refractivity (Wildman–Crippen MR) is 86.0 cm³/mol. The molecule has 0 spiro atoms. The third-order valence-corrected chi connectivity index (χ3v) is 4.14. The second kappa shape index (κ2) is 5.72. The molecule has 21 heavy (non-hydrogen) atoms. The first-order chi connectivity index (χ1) is 10.1. The van der Waals surface area contributed by atoms with Crippen LogP contribution in [-0.4, -0.2) is 5.91 Å². The van der Waals surface area contributed by atoms with Crippen molar-refractivity contribution in [3.63, 3.8) is 0 Å². The van der Waals surface area contributed by atoms with E-state index in [1.807, 2.05) is 0 Å². The molecule has 0 aliphatic heterocycles. The SMILES string of the molecule is CC(=O)NCc1cccc(-c2ccc3c(c2)CC(C)C3)c1. The van der Waals surface area contributed by atoms with Gasteiger partial charge in [0.25, 0.3) is 0 Å². The summed E-state index contributed by atoms with van der Waals surface area (Å²) in [7, 11) is 0. The number of carbonyl (C=O) groups is 1. The van der Waals surface area contributed by atoms with Crippen molar-refractivity contribution >= 4 is 5.91 Å². The number of nitrogens with one attached hydrogen (secondary N) is 1. The van der Waals surface area contributed by atoms with Crippen molar-refractivity contribution in [1.29, 1.82) is 0 Å². The summed E-state index contributed by atoms with van der Waals surface area (Å²) < 4.78 is 0. The molecule has 0 saturated heterocycles. The minimum Gasteiger partial charge on any atom is -0.352 e. The van der Waals surface area contributed by atoms with Crippen LogP contribution >= 0.6 is 0 Å². The van der Waals surface area contributed by atoms with Crippen molar-refractivity contribution in [2.45, 2.75) is 33.2 Å². The van der Waals surface area contributed by atoms with Crippen LogP contribution in [0.3, 0.4) is 0 Å². The Morgan fingerprint density at radius 3 is 2.67 bits per heavy atom.